The first kappa shape index (κ1) is 22.5. The largest absolute Gasteiger partial charge is 0.355 e. The van der Waals surface area contributed by atoms with E-state index in [-0.39, 0.29) is 29.5 Å². The van der Waals surface area contributed by atoms with Crippen molar-refractivity contribution in [2.24, 2.45) is 0 Å². The van der Waals surface area contributed by atoms with Crippen LogP contribution in [0.3, 0.4) is 0 Å². The maximum absolute atomic E-state index is 14.1. The van der Waals surface area contributed by atoms with E-state index in [9.17, 15) is 14.0 Å². The van der Waals surface area contributed by atoms with Gasteiger partial charge in [-0.2, -0.15) is 0 Å². The lowest BCUT2D eigenvalue weighted by molar-refractivity contribution is -0.140. The van der Waals surface area contributed by atoms with Crippen LogP contribution in [0.2, 0.25) is 15.1 Å². The predicted molar refractivity (Wildman–Crippen MR) is 110 cm³/mol. The molecule has 0 bridgehead atoms. The SMILES string of the molecule is CCNC(=O)[C@@H](C)N(Cc1ccc(Cl)cc1Cl)C(=O)Cc1c(F)cccc1Cl. The number of hydrogen-bond acceptors (Lipinski definition) is 2. The summed E-state index contributed by atoms with van der Waals surface area (Å²) in [6.45, 7) is 3.88. The second-order valence-electron chi connectivity index (χ2n) is 6.20. The molecule has 0 saturated heterocycles. The van der Waals surface area contributed by atoms with Crippen molar-refractivity contribution in [1.29, 1.82) is 0 Å². The van der Waals surface area contributed by atoms with Gasteiger partial charge < -0.3 is 10.2 Å². The van der Waals surface area contributed by atoms with Crippen molar-refractivity contribution in [2.45, 2.75) is 32.9 Å². The second kappa shape index (κ2) is 10.1. The molecule has 4 nitrogen and oxygen atoms in total. The van der Waals surface area contributed by atoms with Gasteiger partial charge in [0.25, 0.3) is 0 Å². The van der Waals surface area contributed by atoms with E-state index in [1.54, 1.807) is 32.0 Å². The first-order chi connectivity index (χ1) is 13.2. The van der Waals surface area contributed by atoms with Crippen LogP contribution in [0.15, 0.2) is 36.4 Å². The fraction of sp³-hybridized carbons (Fsp3) is 0.300. The Morgan fingerprint density at radius 1 is 1.14 bits per heavy atom. The van der Waals surface area contributed by atoms with Gasteiger partial charge in [0.05, 0.1) is 6.42 Å². The highest BCUT2D eigenvalue weighted by atomic mass is 35.5. The van der Waals surface area contributed by atoms with Gasteiger partial charge in [-0.15, -0.1) is 0 Å². The van der Waals surface area contributed by atoms with Crippen LogP contribution in [0.25, 0.3) is 0 Å². The minimum atomic E-state index is -0.787. The Morgan fingerprint density at radius 2 is 1.86 bits per heavy atom. The lowest BCUT2D eigenvalue weighted by atomic mass is 10.1. The molecule has 0 aliphatic rings. The predicted octanol–water partition coefficient (Wildman–Crippen LogP) is 4.88. The van der Waals surface area contributed by atoms with Gasteiger partial charge in [-0.05, 0) is 43.7 Å². The summed E-state index contributed by atoms with van der Waals surface area (Å²) in [6.07, 6.45) is -0.277. The molecule has 1 N–H and O–H groups in total. The standard InChI is InChI=1S/C20H20Cl3FN2O2/c1-3-25-20(28)12(2)26(11-13-7-8-14(21)9-17(13)23)19(27)10-15-16(22)5-4-6-18(15)24/h4-9,12H,3,10-11H2,1-2H3,(H,25,28)/t12-/m1/s1. The third-order valence-electron chi connectivity index (χ3n) is 4.26. The van der Waals surface area contributed by atoms with Gasteiger partial charge in [-0.3, -0.25) is 9.59 Å². The van der Waals surface area contributed by atoms with E-state index < -0.39 is 17.8 Å². The molecule has 0 heterocycles. The van der Waals surface area contributed by atoms with Gasteiger partial charge in [-0.25, -0.2) is 4.39 Å². The Kier molecular flexibility index (Phi) is 8.10. The van der Waals surface area contributed by atoms with E-state index in [2.05, 4.69) is 5.32 Å². The zero-order valence-corrected chi connectivity index (χ0v) is 17.7. The average molecular weight is 446 g/mol. The minimum absolute atomic E-state index is 0.0687. The molecule has 0 aromatic heterocycles. The normalized spacial score (nSPS) is 11.8. The summed E-state index contributed by atoms with van der Waals surface area (Å²) in [5.41, 5.74) is 0.708. The maximum Gasteiger partial charge on any atom is 0.242 e. The van der Waals surface area contributed by atoms with Gasteiger partial charge in [0.1, 0.15) is 11.9 Å². The third-order valence-corrected chi connectivity index (χ3v) is 5.20. The van der Waals surface area contributed by atoms with Gasteiger partial charge in [-0.1, -0.05) is 46.9 Å². The molecule has 0 radical (unpaired) electrons. The molecule has 2 aromatic rings. The number of halogens is 4. The molecule has 2 aromatic carbocycles. The molecule has 0 saturated carbocycles. The number of nitrogens with one attached hydrogen (secondary N) is 1. The van der Waals surface area contributed by atoms with E-state index in [1.165, 1.54) is 23.1 Å². The van der Waals surface area contributed by atoms with E-state index in [0.29, 0.717) is 22.2 Å². The van der Waals surface area contributed by atoms with Crippen LogP contribution in [-0.2, 0) is 22.6 Å². The van der Waals surface area contributed by atoms with Crippen molar-refractivity contribution in [3.63, 3.8) is 0 Å². The zero-order chi connectivity index (χ0) is 20.8. The van der Waals surface area contributed by atoms with E-state index in [1.807, 2.05) is 0 Å². The van der Waals surface area contributed by atoms with Crippen molar-refractivity contribution in [1.82, 2.24) is 10.2 Å². The van der Waals surface area contributed by atoms with Crippen LogP contribution in [0, 0.1) is 5.82 Å². The Morgan fingerprint density at radius 3 is 2.46 bits per heavy atom. The molecular weight excluding hydrogens is 426 g/mol. The molecular formula is C20H20Cl3FN2O2. The number of hydrogen-bond donors (Lipinski definition) is 1. The zero-order valence-electron chi connectivity index (χ0n) is 15.4. The molecule has 0 spiro atoms. The fourth-order valence-corrected chi connectivity index (χ4v) is 3.39. The summed E-state index contributed by atoms with van der Waals surface area (Å²) in [4.78, 5) is 26.7. The lowest BCUT2D eigenvalue weighted by Gasteiger charge is -2.29. The second-order valence-corrected chi connectivity index (χ2v) is 7.46. The van der Waals surface area contributed by atoms with Crippen LogP contribution in [-0.4, -0.2) is 29.3 Å². The van der Waals surface area contributed by atoms with Gasteiger partial charge in [0, 0.05) is 33.7 Å². The number of benzene rings is 2. The molecule has 150 valence electrons. The average Bonchev–Trinajstić information content (AvgIpc) is 2.63. The van der Waals surface area contributed by atoms with Crippen molar-refractivity contribution in [2.75, 3.05) is 6.54 Å². The first-order valence-corrected chi connectivity index (χ1v) is 9.82. The van der Waals surface area contributed by atoms with Crippen molar-refractivity contribution in [3.05, 3.63) is 68.4 Å². The Balaban J connectivity index is 2.33. The maximum atomic E-state index is 14.1. The smallest absolute Gasteiger partial charge is 0.242 e. The molecule has 0 aliphatic carbocycles. The van der Waals surface area contributed by atoms with Gasteiger partial charge in [0.2, 0.25) is 11.8 Å². The number of amides is 2. The van der Waals surface area contributed by atoms with Crippen molar-refractivity contribution in [3.8, 4) is 0 Å². The summed E-state index contributed by atoms with van der Waals surface area (Å²) in [5.74, 6) is -1.34. The molecule has 1 atom stereocenters. The monoisotopic (exact) mass is 444 g/mol. The van der Waals surface area contributed by atoms with E-state index in [0.717, 1.165) is 0 Å². The minimum Gasteiger partial charge on any atom is -0.355 e. The molecule has 2 amide bonds. The van der Waals surface area contributed by atoms with Crippen molar-refractivity contribution < 1.29 is 14.0 Å². The third kappa shape index (κ3) is 5.60. The Hall–Kier alpha value is -1.82. The number of carbonyl (C=O) groups excluding carboxylic acids is 2. The molecule has 0 unspecified atom stereocenters. The fourth-order valence-electron chi connectivity index (χ4n) is 2.69. The summed E-state index contributed by atoms with van der Waals surface area (Å²) >= 11 is 18.2. The van der Waals surface area contributed by atoms with Gasteiger partial charge >= 0.3 is 0 Å². The highest BCUT2D eigenvalue weighted by Crippen LogP contribution is 2.25. The Bertz CT molecular complexity index is 856. The molecule has 0 aliphatic heterocycles. The topological polar surface area (TPSA) is 49.4 Å². The first-order valence-electron chi connectivity index (χ1n) is 8.68. The van der Waals surface area contributed by atoms with E-state index in [4.69, 9.17) is 34.8 Å². The van der Waals surface area contributed by atoms with Crippen LogP contribution in [0.5, 0.6) is 0 Å². The summed E-state index contributed by atoms with van der Waals surface area (Å²) in [6, 6.07) is 8.33. The number of nitrogens with zero attached hydrogens (tertiary/aromatic N) is 1. The summed E-state index contributed by atoms with van der Waals surface area (Å²) in [7, 11) is 0. The van der Waals surface area contributed by atoms with Crippen LogP contribution in [0.1, 0.15) is 25.0 Å². The van der Waals surface area contributed by atoms with Crippen LogP contribution >= 0.6 is 34.8 Å². The quantitative estimate of drug-likeness (QED) is 0.660. The van der Waals surface area contributed by atoms with Gasteiger partial charge in [0.15, 0.2) is 0 Å². The number of rotatable bonds is 7. The van der Waals surface area contributed by atoms with Crippen LogP contribution < -0.4 is 5.32 Å². The number of carbonyl (C=O) groups is 2. The molecule has 28 heavy (non-hydrogen) atoms. The summed E-state index contributed by atoms with van der Waals surface area (Å²) in [5, 5.41) is 3.68. The van der Waals surface area contributed by atoms with Crippen molar-refractivity contribution >= 4 is 46.6 Å². The van der Waals surface area contributed by atoms with E-state index >= 15 is 0 Å². The highest BCUT2D eigenvalue weighted by Gasteiger charge is 2.27. The number of likely N-dealkylation sites (N-methyl/N-ethyl adjacent to an activating group) is 1. The molecule has 8 heteroatoms. The lowest BCUT2D eigenvalue weighted by Crippen LogP contribution is -2.48. The molecule has 2 rings (SSSR count). The highest BCUT2D eigenvalue weighted by molar-refractivity contribution is 6.35. The molecule has 0 fully saturated rings. The summed E-state index contributed by atoms with van der Waals surface area (Å²) < 4.78 is 14.1. The van der Waals surface area contributed by atoms with Crippen LogP contribution in [0.4, 0.5) is 4.39 Å². The Labute approximate surface area is 178 Å².